The van der Waals surface area contributed by atoms with Crippen molar-refractivity contribution in [2.75, 3.05) is 0 Å². The lowest BCUT2D eigenvalue weighted by Crippen LogP contribution is -2.22. The molecule has 0 saturated heterocycles. The van der Waals surface area contributed by atoms with Crippen molar-refractivity contribution in [1.82, 2.24) is 5.32 Å². The van der Waals surface area contributed by atoms with Gasteiger partial charge in [-0.2, -0.15) is 0 Å². The molecular formula is C18H31NO2. The number of hydrogen-bond acceptors (Lipinski definition) is 2. The second-order valence-electron chi connectivity index (χ2n) is 6.13. The van der Waals surface area contributed by atoms with Crippen LogP contribution in [0.2, 0.25) is 0 Å². The molecule has 0 atom stereocenters. The number of unbranched alkanes of at least 4 members (excludes halogenated alkanes) is 11. The molecule has 1 aliphatic rings. The fourth-order valence-corrected chi connectivity index (χ4v) is 2.79. The minimum atomic E-state index is -0.256. The Morgan fingerprint density at radius 3 is 1.67 bits per heavy atom. The number of carbonyl (C=O) groups is 2. The predicted octanol–water partition coefficient (Wildman–Crippen LogP) is 4.66. The maximum atomic E-state index is 11.3. The van der Waals surface area contributed by atoms with E-state index < -0.39 is 0 Å². The number of imide groups is 1. The molecule has 0 radical (unpaired) electrons. The lowest BCUT2D eigenvalue weighted by molar-refractivity contribution is -0.123. The highest BCUT2D eigenvalue weighted by molar-refractivity contribution is 6.16. The number of carbonyl (C=O) groups excluding carboxylic acids is 2. The summed E-state index contributed by atoms with van der Waals surface area (Å²) < 4.78 is 0. The van der Waals surface area contributed by atoms with Crippen LogP contribution in [0, 0.1) is 0 Å². The minimum absolute atomic E-state index is 0.192. The average Bonchev–Trinajstić information content (AvgIpc) is 2.78. The molecule has 1 heterocycles. The number of hydrogen-bond donors (Lipinski definition) is 1. The van der Waals surface area contributed by atoms with Crippen molar-refractivity contribution in [2.24, 2.45) is 0 Å². The van der Waals surface area contributed by atoms with E-state index in [4.69, 9.17) is 0 Å². The zero-order valence-electron chi connectivity index (χ0n) is 13.6. The molecule has 1 N–H and O–H groups in total. The molecule has 1 aliphatic heterocycles. The van der Waals surface area contributed by atoms with Crippen LogP contribution in [-0.4, -0.2) is 11.8 Å². The highest BCUT2D eigenvalue weighted by Crippen LogP contribution is 2.15. The van der Waals surface area contributed by atoms with Gasteiger partial charge in [-0.05, 0) is 12.8 Å². The van der Waals surface area contributed by atoms with Crippen LogP contribution in [0.25, 0.3) is 0 Å². The number of nitrogens with one attached hydrogen (secondary N) is 1. The van der Waals surface area contributed by atoms with E-state index >= 15 is 0 Å². The predicted molar refractivity (Wildman–Crippen MR) is 86.9 cm³/mol. The van der Waals surface area contributed by atoms with Crippen LogP contribution < -0.4 is 5.32 Å². The highest BCUT2D eigenvalue weighted by Gasteiger charge is 2.19. The minimum Gasteiger partial charge on any atom is -0.289 e. The molecule has 21 heavy (non-hydrogen) atoms. The molecule has 0 saturated carbocycles. The van der Waals surface area contributed by atoms with Crippen molar-refractivity contribution in [3.8, 4) is 0 Å². The zero-order chi connectivity index (χ0) is 15.3. The standard InChI is InChI=1S/C18H31NO2/c1-2-3-4-5-6-7-8-9-10-11-12-13-14-16-15-17(20)19-18(16)21/h15H,2-14H2,1H3,(H,19,20,21). The van der Waals surface area contributed by atoms with Gasteiger partial charge in [0.25, 0.3) is 11.8 Å². The normalized spacial score (nSPS) is 14.4. The summed E-state index contributed by atoms with van der Waals surface area (Å²) >= 11 is 0. The molecule has 0 bridgehead atoms. The molecular weight excluding hydrogens is 262 g/mol. The van der Waals surface area contributed by atoms with Crippen molar-refractivity contribution in [1.29, 1.82) is 0 Å². The Labute approximate surface area is 129 Å². The second kappa shape index (κ2) is 11.5. The number of rotatable bonds is 13. The molecule has 120 valence electrons. The third-order valence-electron chi connectivity index (χ3n) is 4.13. The molecule has 0 aromatic rings. The Morgan fingerprint density at radius 1 is 0.762 bits per heavy atom. The van der Waals surface area contributed by atoms with Gasteiger partial charge in [0.2, 0.25) is 0 Å². The molecule has 0 fully saturated rings. The maximum Gasteiger partial charge on any atom is 0.254 e. The summed E-state index contributed by atoms with van der Waals surface area (Å²) in [5.41, 5.74) is 0.659. The monoisotopic (exact) mass is 293 g/mol. The van der Waals surface area contributed by atoms with Gasteiger partial charge in [-0.1, -0.05) is 77.6 Å². The lowest BCUT2D eigenvalue weighted by atomic mass is 10.0. The van der Waals surface area contributed by atoms with E-state index in [-0.39, 0.29) is 11.8 Å². The van der Waals surface area contributed by atoms with Crippen LogP contribution in [0.4, 0.5) is 0 Å². The van der Waals surface area contributed by atoms with E-state index in [0.29, 0.717) is 5.57 Å². The first-order valence-electron chi connectivity index (χ1n) is 8.80. The summed E-state index contributed by atoms with van der Waals surface area (Å²) in [5.74, 6) is -0.447. The van der Waals surface area contributed by atoms with Gasteiger partial charge in [0, 0.05) is 11.6 Å². The number of amides is 2. The molecule has 0 aromatic heterocycles. The third kappa shape index (κ3) is 8.69. The molecule has 3 nitrogen and oxygen atoms in total. The first kappa shape index (κ1) is 17.9. The Balaban J connectivity index is 1.82. The first-order chi connectivity index (χ1) is 10.2. The van der Waals surface area contributed by atoms with Crippen molar-refractivity contribution in [2.45, 2.75) is 90.4 Å². The summed E-state index contributed by atoms with van der Waals surface area (Å²) in [7, 11) is 0. The van der Waals surface area contributed by atoms with Crippen molar-refractivity contribution in [3.63, 3.8) is 0 Å². The van der Waals surface area contributed by atoms with E-state index in [1.54, 1.807) is 0 Å². The molecule has 0 spiro atoms. The molecule has 0 aliphatic carbocycles. The molecule has 3 heteroatoms. The Bertz CT molecular complexity index is 347. The Kier molecular flexibility index (Phi) is 9.84. The van der Waals surface area contributed by atoms with Gasteiger partial charge < -0.3 is 0 Å². The summed E-state index contributed by atoms with van der Waals surface area (Å²) in [6.07, 6.45) is 17.9. The quantitative estimate of drug-likeness (QED) is 0.396. The highest BCUT2D eigenvalue weighted by atomic mass is 16.2. The van der Waals surface area contributed by atoms with Crippen LogP contribution >= 0.6 is 0 Å². The average molecular weight is 293 g/mol. The van der Waals surface area contributed by atoms with Gasteiger partial charge in [0.15, 0.2) is 0 Å². The van der Waals surface area contributed by atoms with Gasteiger partial charge in [-0.3, -0.25) is 14.9 Å². The SMILES string of the molecule is CCCCCCCCCCCCCCC1=CC(=O)NC1=O. The van der Waals surface area contributed by atoms with Crippen LogP contribution in [0.5, 0.6) is 0 Å². The molecule has 2 amide bonds. The van der Waals surface area contributed by atoms with E-state index in [1.165, 1.54) is 70.3 Å². The maximum absolute atomic E-state index is 11.3. The summed E-state index contributed by atoms with van der Waals surface area (Å²) in [6.45, 7) is 2.26. The smallest absolute Gasteiger partial charge is 0.254 e. The largest absolute Gasteiger partial charge is 0.289 e. The third-order valence-corrected chi connectivity index (χ3v) is 4.13. The van der Waals surface area contributed by atoms with E-state index in [0.717, 1.165) is 19.3 Å². The Hall–Kier alpha value is -1.12. The molecule has 0 aromatic carbocycles. The fraction of sp³-hybridized carbons (Fsp3) is 0.778. The van der Waals surface area contributed by atoms with Crippen molar-refractivity contribution < 1.29 is 9.59 Å². The summed E-state index contributed by atoms with van der Waals surface area (Å²) in [4.78, 5) is 22.3. The van der Waals surface area contributed by atoms with Crippen LogP contribution in [0.3, 0.4) is 0 Å². The van der Waals surface area contributed by atoms with Crippen molar-refractivity contribution in [3.05, 3.63) is 11.6 Å². The molecule has 0 unspecified atom stereocenters. The van der Waals surface area contributed by atoms with Gasteiger partial charge >= 0.3 is 0 Å². The van der Waals surface area contributed by atoms with Crippen LogP contribution in [0.15, 0.2) is 11.6 Å². The summed E-state index contributed by atoms with van der Waals surface area (Å²) in [5, 5.41) is 2.29. The fourth-order valence-electron chi connectivity index (χ4n) is 2.79. The van der Waals surface area contributed by atoms with E-state index in [2.05, 4.69) is 12.2 Å². The summed E-state index contributed by atoms with van der Waals surface area (Å²) in [6, 6.07) is 0. The second-order valence-corrected chi connectivity index (χ2v) is 6.13. The van der Waals surface area contributed by atoms with Gasteiger partial charge in [-0.15, -0.1) is 0 Å². The van der Waals surface area contributed by atoms with Crippen LogP contribution in [0.1, 0.15) is 90.4 Å². The van der Waals surface area contributed by atoms with Gasteiger partial charge in [0.1, 0.15) is 0 Å². The molecule has 1 rings (SSSR count). The Morgan fingerprint density at radius 2 is 1.24 bits per heavy atom. The van der Waals surface area contributed by atoms with E-state index in [9.17, 15) is 9.59 Å². The topological polar surface area (TPSA) is 46.2 Å². The van der Waals surface area contributed by atoms with Crippen LogP contribution in [-0.2, 0) is 9.59 Å². The van der Waals surface area contributed by atoms with Gasteiger partial charge in [0.05, 0.1) is 0 Å². The zero-order valence-corrected chi connectivity index (χ0v) is 13.6. The van der Waals surface area contributed by atoms with Crippen molar-refractivity contribution >= 4 is 11.8 Å². The lowest BCUT2D eigenvalue weighted by Gasteiger charge is -2.03. The van der Waals surface area contributed by atoms with Gasteiger partial charge in [-0.25, -0.2) is 0 Å². The first-order valence-corrected chi connectivity index (χ1v) is 8.80. The van der Waals surface area contributed by atoms with E-state index in [1.807, 2.05) is 0 Å².